The summed E-state index contributed by atoms with van der Waals surface area (Å²) >= 11 is 1.42. The van der Waals surface area contributed by atoms with E-state index < -0.39 is 9.84 Å². The van der Waals surface area contributed by atoms with E-state index >= 15 is 0 Å². The van der Waals surface area contributed by atoms with Crippen molar-refractivity contribution in [3.05, 3.63) is 46.9 Å². The van der Waals surface area contributed by atoms with Crippen LogP contribution in [0.3, 0.4) is 0 Å². The number of hydrogen-bond donors (Lipinski definition) is 0. The Hall–Kier alpha value is -1.60. The van der Waals surface area contributed by atoms with Gasteiger partial charge in [0.05, 0.1) is 22.3 Å². The van der Waals surface area contributed by atoms with Gasteiger partial charge < -0.3 is 4.57 Å². The summed E-state index contributed by atoms with van der Waals surface area (Å²) in [5.41, 5.74) is 3.58. The standard InChI is InChI=1S/C18H22N2O3S2/c1-12-4-5-18(19-9-12)24-10-17(21)16-8-13(2)20(14(16)3)15-6-7-25(22,23)11-15/h4-5,8-9,15H,6-7,10-11H2,1-3H3. The summed E-state index contributed by atoms with van der Waals surface area (Å²) in [6.07, 6.45) is 2.41. The summed E-state index contributed by atoms with van der Waals surface area (Å²) in [6, 6.07) is 5.72. The molecule has 0 radical (unpaired) electrons. The third-order valence-corrected chi connectivity index (χ3v) is 7.29. The summed E-state index contributed by atoms with van der Waals surface area (Å²) in [5.74, 6) is 0.766. The zero-order valence-electron chi connectivity index (χ0n) is 14.7. The molecule has 0 bridgehead atoms. The lowest BCUT2D eigenvalue weighted by Crippen LogP contribution is -2.14. The van der Waals surface area contributed by atoms with Crippen LogP contribution in [-0.4, -0.2) is 41.0 Å². The number of thioether (sulfide) groups is 1. The molecule has 0 aromatic carbocycles. The predicted octanol–water partition coefficient (Wildman–Crippen LogP) is 3.14. The van der Waals surface area contributed by atoms with Gasteiger partial charge in [-0.2, -0.15) is 0 Å². The Morgan fingerprint density at radius 2 is 2.08 bits per heavy atom. The van der Waals surface area contributed by atoms with Crippen LogP contribution in [0, 0.1) is 20.8 Å². The van der Waals surface area contributed by atoms with Crippen LogP contribution in [0.2, 0.25) is 0 Å². The van der Waals surface area contributed by atoms with Crippen LogP contribution < -0.4 is 0 Å². The highest BCUT2D eigenvalue weighted by Crippen LogP contribution is 2.30. The molecule has 0 amide bonds. The molecule has 1 saturated heterocycles. The van der Waals surface area contributed by atoms with E-state index in [1.807, 2.05) is 43.5 Å². The molecule has 1 fully saturated rings. The largest absolute Gasteiger partial charge is 0.344 e. The van der Waals surface area contributed by atoms with E-state index in [1.165, 1.54) is 11.8 Å². The smallest absolute Gasteiger partial charge is 0.174 e. The number of carbonyl (C=O) groups excluding carboxylic acids is 1. The average Bonchev–Trinajstić information content (AvgIpc) is 3.05. The third-order valence-electron chi connectivity index (χ3n) is 4.59. The number of sulfone groups is 1. The minimum atomic E-state index is -2.96. The number of nitrogens with zero attached hydrogens (tertiary/aromatic N) is 2. The normalized spacial score (nSPS) is 19.2. The van der Waals surface area contributed by atoms with Crippen molar-refractivity contribution < 1.29 is 13.2 Å². The fraction of sp³-hybridized carbons (Fsp3) is 0.444. The molecule has 5 nitrogen and oxygen atoms in total. The van der Waals surface area contributed by atoms with Gasteiger partial charge in [0.1, 0.15) is 0 Å². The molecule has 0 saturated carbocycles. The molecule has 2 aromatic rings. The first-order valence-electron chi connectivity index (χ1n) is 8.24. The van der Waals surface area contributed by atoms with Gasteiger partial charge in [-0.1, -0.05) is 17.8 Å². The zero-order chi connectivity index (χ0) is 18.2. The molecule has 0 spiro atoms. The number of rotatable bonds is 5. The molecular weight excluding hydrogens is 356 g/mol. The number of pyridine rings is 1. The quantitative estimate of drug-likeness (QED) is 0.590. The van der Waals surface area contributed by atoms with Crippen molar-refractivity contribution in [1.82, 2.24) is 9.55 Å². The Morgan fingerprint density at radius 1 is 1.32 bits per heavy atom. The molecule has 0 aliphatic carbocycles. The lowest BCUT2D eigenvalue weighted by atomic mass is 10.2. The maximum atomic E-state index is 12.6. The highest BCUT2D eigenvalue weighted by atomic mass is 32.2. The predicted molar refractivity (Wildman–Crippen MR) is 100 cm³/mol. The van der Waals surface area contributed by atoms with Crippen LogP contribution in [0.4, 0.5) is 0 Å². The minimum absolute atomic E-state index is 0.0487. The molecule has 25 heavy (non-hydrogen) atoms. The second kappa shape index (κ2) is 6.96. The second-order valence-corrected chi connectivity index (χ2v) is 9.82. The fourth-order valence-corrected chi connectivity index (χ4v) is 5.78. The van der Waals surface area contributed by atoms with Gasteiger partial charge >= 0.3 is 0 Å². The molecule has 2 aromatic heterocycles. The topological polar surface area (TPSA) is 69.0 Å². The molecule has 3 rings (SSSR count). The molecule has 134 valence electrons. The number of hydrogen-bond acceptors (Lipinski definition) is 5. The Kier molecular flexibility index (Phi) is 5.06. The van der Waals surface area contributed by atoms with Gasteiger partial charge in [-0.05, 0) is 44.9 Å². The van der Waals surface area contributed by atoms with Gasteiger partial charge in [-0.3, -0.25) is 4.79 Å². The van der Waals surface area contributed by atoms with Gasteiger partial charge in [-0.25, -0.2) is 13.4 Å². The van der Waals surface area contributed by atoms with Crippen molar-refractivity contribution in [2.75, 3.05) is 17.3 Å². The molecule has 1 aliphatic rings. The maximum Gasteiger partial charge on any atom is 0.174 e. The molecule has 3 heterocycles. The van der Waals surface area contributed by atoms with Gasteiger partial charge in [0, 0.05) is 29.2 Å². The van der Waals surface area contributed by atoms with Crippen LogP contribution in [-0.2, 0) is 9.84 Å². The maximum absolute atomic E-state index is 12.6. The molecule has 1 aliphatic heterocycles. The van der Waals surface area contributed by atoms with Crippen LogP contribution in [0.5, 0.6) is 0 Å². The number of aromatic nitrogens is 2. The Labute approximate surface area is 152 Å². The molecule has 7 heteroatoms. The molecule has 1 unspecified atom stereocenters. The minimum Gasteiger partial charge on any atom is -0.344 e. The first-order valence-corrected chi connectivity index (χ1v) is 11.0. The third kappa shape index (κ3) is 3.98. The van der Waals surface area contributed by atoms with Crippen molar-refractivity contribution in [3.8, 4) is 0 Å². The van der Waals surface area contributed by atoms with Crippen LogP contribution in [0.1, 0.15) is 39.8 Å². The van der Waals surface area contributed by atoms with Crippen molar-refractivity contribution in [2.45, 2.75) is 38.3 Å². The van der Waals surface area contributed by atoms with Gasteiger partial charge in [0.25, 0.3) is 0 Å². The van der Waals surface area contributed by atoms with Gasteiger partial charge in [0.2, 0.25) is 0 Å². The molecule has 1 atom stereocenters. The number of aryl methyl sites for hydroxylation is 2. The van der Waals surface area contributed by atoms with E-state index in [2.05, 4.69) is 4.98 Å². The lowest BCUT2D eigenvalue weighted by molar-refractivity contribution is 0.102. The Morgan fingerprint density at radius 3 is 2.68 bits per heavy atom. The summed E-state index contributed by atoms with van der Waals surface area (Å²) in [6.45, 7) is 5.81. The summed E-state index contributed by atoms with van der Waals surface area (Å²) in [4.78, 5) is 16.9. The van der Waals surface area contributed by atoms with Gasteiger partial charge in [0.15, 0.2) is 15.6 Å². The van der Waals surface area contributed by atoms with E-state index in [0.29, 0.717) is 17.7 Å². The number of carbonyl (C=O) groups is 1. The zero-order valence-corrected chi connectivity index (χ0v) is 16.3. The van der Waals surface area contributed by atoms with E-state index in [4.69, 9.17) is 0 Å². The van der Waals surface area contributed by atoms with Crippen molar-refractivity contribution in [2.24, 2.45) is 0 Å². The molecule has 0 N–H and O–H groups in total. The lowest BCUT2D eigenvalue weighted by Gasteiger charge is -2.16. The van der Waals surface area contributed by atoms with Crippen molar-refractivity contribution in [1.29, 1.82) is 0 Å². The van der Waals surface area contributed by atoms with Crippen molar-refractivity contribution >= 4 is 27.4 Å². The summed E-state index contributed by atoms with van der Waals surface area (Å²) in [7, 11) is -2.96. The van der Waals surface area contributed by atoms with E-state index in [1.54, 1.807) is 6.20 Å². The fourth-order valence-electron chi connectivity index (χ4n) is 3.36. The first-order chi connectivity index (χ1) is 11.8. The van der Waals surface area contributed by atoms with E-state index in [0.717, 1.165) is 22.0 Å². The van der Waals surface area contributed by atoms with Crippen LogP contribution in [0.15, 0.2) is 29.4 Å². The summed E-state index contributed by atoms with van der Waals surface area (Å²) < 4.78 is 25.6. The molecular formula is C18H22N2O3S2. The average molecular weight is 379 g/mol. The summed E-state index contributed by atoms with van der Waals surface area (Å²) in [5, 5.41) is 0.828. The SMILES string of the molecule is Cc1ccc(SCC(=O)c2cc(C)n(C3CCS(=O)(=O)C3)c2C)nc1. The highest BCUT2D eigenvalue weighted by molar-refractivity contribution is 7.99. The Balaban J connectivity index is 1.75. The monoisotopic (exact) mass is 378 g/mol. The van der Waals surface area contributed by atoms with E-state index in [9.17, 15) is 13.2 Å². The highest BCUT2D eigenvalue weighted by Gasteiger charge is 2.31. The first kappa shape index (κ1) is 18.2. The number of ketones is 1. The van der Waals surface area contributed by atoms with E-state index in [-0.39, 0.29) is 23.3 Å². The van der Waals surface area contributed by atoms with Crippen molar-refractivity contribution in [3.63, 3.8) is 0 Å². The van der Waals surface area contributed by atoms with Crippen LogP contribution in [0.25, 0.3) is 0 Å². The Bertz CT molecular complexity index is 899. The van der Waals surface area contributed by atoms with Gasteiger partial charge in [-0.15, -0.1) is 0 Å². The number of Topliss-reactive ketones (excluding diaryl/α,β-unsaturated/α-hetero) is 1. The van der Waals surface area contributed by atoms with Crippen LogP contribution >= 0.6 is 11.8 Å². The second-order valence-electron chi connectivity index (χ2n) is 6.60.